The molecule has 5 heteroatoms. The van der Waals surface area contributed by atoms with E-state index in [0.29, 0.717) is 5.56 Å². The van der Waals surface area contributed by atoms with Gasteiger partial charge in [-0.2, -0.15) is 0 Å². The van der Waals surface area contributed by atoms with Crippen molar-refractivity contribution < 1.29 is 19.8 Å². The summed E-state index contributed by atoms with van der Waals surface area (Å²) < 4.78 is 0. The maximum atomic E-state index is 10.7. The molecule has 0 saturated carbocycles. The van der Waals surface area contributed by atoms with Gasteiger partial charge in [0.1, 0.15) is 0 Å². The van der Waals surface area contributed by atoms with E-state index in [1.807, 2.05) is 0 Å². The Morgan fingerprint density at radius 2 is 1.93 bits per heavy atom. The molecule has 4 N–H and O–H groups in total. The smallest absolute Gasteiger partial charge is 0.337 e. The lowest BCUT2D eigenvalue weighted by Crippen LogP contribution is -2.10. The van der Waals surface area contributed by atoms with Crippen molar-refractivity contribution in [3.8, 4) is 0 Å². The van der Waals surface area contributed by atoms with Gasteiger partial charge in [-0.1, -0.05) is 6.07 Å². The molecule has 0 aromatic heterocycles. The topological polar surface area (TPSA) is 101 Å². The summed E-state index contributed by atoms with van der Waals surface area (Å²) in [4.78, 5) is 21.4. The van der Waals surface area contributed by atoms with Crippen LogP contribution in [-0.4, -0.2) is 22.2 Å². The molecular formula is C10H11NO4. The van der Waals surface area contributed by atoms with Crippen LogP contribution in [0.25, 0.3) is 0 Å². The molecule has 80 valence electrons. The lowest BCUT2D eigenvalue weighted by Gasteiger charge is -2.08. The summed E-state index contributed by atoms with van der Waals surface area (Å²) in [5.74, 6) is -2.91. The van der Waals surface area contributed by atoms with Crippen molar-refractivity contribution in [3.63, 3.8) is 0 Å². The Kier molecular flexibility index (Phi) is 2.94. The van der Waals surface area contributed by atoms with E-state index in [1.165, 1.54) is 25.1 Å². The molecule has 1 aromatic carbocycles. The molecule has 1 aromatic rings. The quantitative estimate of drug-likeness (QED) is 0.648. The Morgan fingerprint density at radius 3 is 2.40 bits per heavy atom. The number of nitrogen functional groups attached to an aromatic ring is 1. The second kappa shape index (κ2) is 4.00. The monoisotopic (exact) mass is 209 g/mol. The van der Waals surface area contributed by atoms with Crippen LogP contribution in [0.4, 0.5) is 5.69 Å². The van der Waals surface area contributed by atoms with Gasteiger partial charge in [-0.15, -0.1) is 0 Å². The summed E-state index contributed by atoms with van der Waals surface area (Å²) in [5.41, 5.74) is 5.92. The van der Waals surface area contributed by atoms with Gasteiger partial charge >= 0.3 is 11.9 Å². The van der Waals surface area contributed by atoms with Crippen LogP contribution in [0.5, 0.6) is 0 Å². The summed E-state index contributed by atoms with van der Waals surface area (Å²) in [6.45, 7) is 1.49. The van der Waals surface area contributed by atoms with Crippen LogP contribution in [0.15, 0.2) is 18.2 Å². The van der Waals surface area contributed by atoms with Gasteiger partial charge in [0.25, 0.3) is 0 Å². The highest BCUT2D eigenvalue weighted by molar-refractivity contribution is 5.94. The number of hydrogen-bond donors (Lipinski definition) is 3. The van der Waals surface area contributed by atoms with Crippen LogP contribution in [-0.2, 0) is 4.79 Å². The Bertz CT molecular complexity index is 414. The number of anilines is 1. The first-order valence-electron chi connectivity index (χ1n) is 4.29. The Balaban J connectivity index is 3.18. The molecule has 0 fully saturated rings. The fourth-order valence-corrected chi connectivity index (χ4v) is 1.17. The lowest BCUT2D eigenvalue weighted by atomic mass is 9.98. The number of carboxylic acid groups (broad SMARTS) is 2. The van der Waals surface area contributed by atoms with E-state index < -0.39 is 17.9 Å². The van der Waals surface area contributed by atoms with Crippen molar-refractivity contribution in [2.75, 3.05) is 5.73 Å². The van der Waals surface area contributed by atoms with E-state index in [4.69, 9.17) is 15.9 Å². The predicted molar refractivity (Wildman–Crippen MR) is 53.9 cm³/mol. The second-order valence-electron chi connectivity index (χ2n) is 3.21. The fraction of sp³-hybridized carbons (Fsp3) is 0.200. The number of nitrogens with two attached hydrogens (primary N) is 1. The third-order valence-corrected chi connectivity index (χ3v) is 2.18. The molecule has 0 saturated heterocycles. The molecule has 1 atom stereocenters. The molecule has 0 aliphatic carbocycles. The van der Waals surface area contributed by atoms with Crippen LogP contribution >= 0.6 is 0 Å². The Morgan fingerprint density at radius 1 is 1.33 bits per heavy atom. The Hall–Kier alpha value is -2.04. The summed E-state index contributed by atoms with van der Waals surface area (Å²) in [7, 11) is 0. The molecule has 0 aliphatic rings. The van der Waals surface area contributed by atoms with Gasteiger partial charge in [0.15, 0.2) is 0 Å². The van der Waals surface area contributed by atoms with Gasteiger partial charge in [0.2, 0.25) is 0 Å². The van der Waals surface area contributed by atoms with Crippen LogP contribution < -0.4 is 5.73 Å². The SMILES string of the molecule is CC(C(=O)O)c1ccc(N)c(C(=O)O)c1. The van der Waals surface area contributed by atoms with Crippen molar-refractivity contribution in [1.29, 1.82) is 0 Å². The second-order valence-corrected chi connectivity index (χ2v) is 3.21. The summed E-state index contributed by atoms with van der Waals surface area (Å²) >= 11 is 0. The van der Waals surface area contributed by atoms with Crippen molar-refractivity contribution >= 4 is 17.6 Å². The highest BCUT2D eigenvalue weighted by atomic mass is 16.4. The zero-order chi connectivity index (χ0) is 11.6. The van der Waals surface area contributed by atoms with E-state index >= 15 is 0 Å². The molecule has 0 amide bonds. The van der Waals surface area contributed by atoms with E-state index in [9.17, 15) is 9.59 Å². The highest BCUT2D eigenvalue weighted by Crippen LogP contribution is 2.21. The molecule has 0 bridgehead atoms. The zero-order valence-electron chi connectivity index (χ0n) is 8.10. The predicted octanol–water partition coefficient (Wildman–Crippen LogP) is 1.16. The number of aliphatic carboxylic acids is 1. The van der Waals surface area contributed by atoms with Crippen molar-refractivity contribution in [2.45, 2.75) is 12.8 Å². The minimum atomic E-state index is -1.16. The van der Waals surface area contributed by atoms with Gasteiger partial charge in [-0.25, -0.2) is 4.79 Å². The number of aromatic carboxylic acids is 1. The number of carbonyl (C=O) groups is 2. The largest absolute Gasteiger partial charge is 0.481 e. The Labute approximate surface area is 86.1 Å². The molecule has 0 spiro atoms. The highest BCUT2D eigenvalue weighted by Gasteiger charge is 2.16. The molecule has 0 radical (unpaired) electrons. The van der Waals surface area contributed by atoms with E-state index in [-0.39, 0.29) is 11.3 Å². The third kappa shape index (κ3) is 2.25. The van der Waals surface area contributed by atoms with E-state index in [1.54, 1.807) is 0 Å². The standard InChI is InChI=1S/C10H11NO4/c1-5(9(12)13)6-2-3-8(11)7(4-6)10(14)15/h2-5H,11H2,1H3,(H,12,13)(H,14,15). The molecular weight excluding hydrogens is 198 g/mol. The zero-order valence-corrected chi connectivity index (χ0v) is 8.10. The minimum absolute atomic E-state index is 0.0689. The minimum Gasteiger partial charge on any atom is -0.481 e. The molecule has 0 aliphatic heterocycles. The van der Waals surface area contributed by atoms with E-state index in [0.717, 1.165) is 0 Å². The normalized spacial score (nSPS) is 12.1. The number of carboxylic acids is 2. The van der Waals surface area contributed by atoms with Gasteiger partial charge in [-0.3, -0.25) is 4.79 Å². The number of hydrogen-bond acceptors (Lipinski definition) is 3. The molecule has 1 rings (SSSR count). The average molecular weight is 209 g/mol. The first-order chi connectivity index (χ1) is 6.93. The van der Waals surface area contributed by atoms with Gasteiger partial charge in [0.05, 0.1) is 11.5 Å². The van der Waals surface area contributed by atoms with Gasteiger partial charge in [0, 0.05) is 5.69 Å². The summed E-state index contributed by atoms with van der Waals surface area (Å²) in [5, 5.41) is 17.5. The fourth-order valence-electron chi connectivity index (χ4n) is 1.17. The number of benzene rings is 1. The van der Waals surface area contributed by atoms with Crippen LogP contribution in [0.2, 0.25) is 0 Å². The van der Waals surface area contributed by atoms with Crippen LogP contribution in [0, 0.1) is 0 Å². The molecule has 5 nitrogen and oxygen atoms in total. The summed E-state index contributed by atoms with van der Waals surface area (Å²) in [6.07, 6.45) is 0. The average Bonchev–Trinajstić information content (AvgIpc) is 2.16. The molecule has 0 heterocycles. The molecule has 15 heavy (non-hydrogen) atoms. The molecule has 1 unspecified atom stereocenters. The van der Waals surface area contributed by atoms with Gasteiger partial charge < -0.3 is 15.9 Å². The van der Waals surface area contributed by atoms with E-state index in [2.05, 4.69) is 0 Å². The number of rotatable bonds is 3. The third-order valence-electron chi connectivity index (χ3n) is 2.18. The first-order valence-corrected chi connectivity index (χ1v) is 4.29. The van der Waals surface area contributed by atoms with Crippen LogP contribution in [0.1, 0.15) is 28.8 Å². The van der Waals surface area contributed by atoms with Crippen molar-refractivity contribution in [2.24, 2.45) is 0 Å². The van der Waals surface area contributed by atoms with Crippen LogP contribution in [0.3, 0.4) is 0 Å². The van der Waals surface area contributed by atoms with Crippen molar-refractivity contribution in [1.82, 2.24) is 0 Å². The maximum absolute atomic E-state index is 10.7. The first kappa shape index (κ1) is 11.0. The summed E-state index contributed by atoms with van der Waals surface area (Å²) in [6, 6.07) is 4.20. The van der Waals surface area contributed by atoms with Crippen molar-refractivity contribution in [3.05, 3.63) is 29.3 Å². The maximum Gasteiger partial charge on any atom is 0.337 e. The lowest BCUT2D eigenvalue weighted by molar-refractivity contribution is -0.138. The van der Waals surface area contributed by atoms with Gasteiger partial charge in [-0.05, 0) is 24.6 Å².